The Morgan fingerprint density at radius 1 is 1.05 bits per heavy atom. The Morgan fingerprint density at radius 2 is 1.82 bits per heavy atom. The van der Waals surface area contributed by atoms with E-state index in [4.69, 9.17) is 4.98 Å². The number of hydrogen-bond donors (Lipinski definition) is 1. The van der Waals surface area contributed by atoms with Crippen LogP contribution in [-0.2, 0) is 0 Å². The van der Waals surface area contributed by atoms with Gasteiger partial charge in [0.1, 0.15) is 5.82 Å². The van der Waals surface area contributed by atoms with Gasteiger partial charge in [-0.25, -0.2) is 4.98 Å². The van der Waals surface area contributed by atoms with Crippen LogP contribution in [0, 0.1) is 0 Å². The van der Waals surface area contributed by atoms with Gasteiger partial charge in [0.15, 0.2) is 0 Å². The first-order valence-corrected chi connectivity index (χ1v) is 7.28. The second-order valence-corrected chi connectivity index (χ2v) is 5.42. The molecular formula is C17H19N5. The van der Waals surface area contributed by atoms with Crippen LogP contribution in [0.4, 0.5) is 5.82 Å². The number of nitrogens with zero attached hydrogens (tertiary/aromatic N) is 4. The summed E-state index contributed by atoms with van der Waals surface area (Å²) in [5.74, 6) is 0.897. The van der Waals surface area contributed by atoms with Gasteiger partial charge in [0, 0.05) is 54.2 Å². The van der Waals surface area contributed by atoms with E-state index in [9.17, 15) is 0 Å². The highest BCUT2D eigenvalue weighted by atomic mass is 15.1. The van der Waals surface area contributed by atoms with E-state index in [-0.39, 0.29) is 0 Å². The van der Waals surface area contributed by atoms with E-state index in [0.29, 0.717) is 0 Å². The van der Waals surface area contributed by atoms with Crippen molar-refractivity contribution in [3.63, 3.8) is 0 Å². The fourth-order valence-electron chi connectivity index (χ4n) is 2.30. The van der Waals surface area contributed by atoms with Gasteiger partial charge in [-0.05, 0) is 38.4 Å². The minimum absolute atomic E-state index is 0.844. The SMILES string of the molecule is CN(C)CCNc1nc(-c2ccncc2)cc2cnccc12. The zero-order valence-corrected chi connectivity index (χ0v) is 12.8. The van der Waals surface area contributed by atoms with Gasteiger partial charge in [-0.2, -0.15) is 0 Å². The van der Waals surface area contributed by atoms with Crippen LogP contribution in [0.15, 0.2) is 49.1 Å². The van der Waals surface area contributed by atoms with Gasteiger partial charge in [0.25, 0.3) is 0 Å². The van der Waals surface area contributed by atoms with Gasteiger partial charge in [-0.1, -0.05) is 0 Å². The van der Waals surface area contributed by atoms with Crippen LogP contribution >= 0.6 is 0 Å². The highest BCUT2D eigenvalue weighted by Gasteiger charge is 2.07. The Labute approximate surface area is 130 Å². The van der Waals surface area contributed by atoms with Crippen molar-refractivity contribution >= 4 is 16.6 Å². The van der Waals surface area contributed by atoms with Gasteiger partial charge in [0.05, 0.1) is 5.69 Å². The molecule has 0 aromatic carbocycles. The third kappa shape index (κ3) is 3.20. The molecule has 0 fully saturated rings. The molecule has 0 aliphatic heterocycles. The molecule has 1 N–H and O–H groups in total. The molecule has 0 amide bonds. The van der Waals surface area contributed by atoms with E-state index in [2.05, 4.69) is 40.3 Å². The fraction of sp³-hybridized carbons (Fsp3) is 0.235. The third-order valence-electron chi connectivity index (χ3n) is 3.46. The summed E-state index contributed by atoms with van der Waals surface area (Å²) >= 11 is 0. The molecule has 3 aromatic heterocycles. The molecule has 0 atom stereocenters. The first-order chi connectivity index (χ1) is 10.7. The van der Waals surface area contributed by atoms with Crippen LogP contribution in [0.2, 0.25) is 0 Å². The van der Waals surface area contributed by atoms with Crippen LogP contribution in [-0.4, -0.2) is 47.0 Å². The lowest BCUT2D eigenvalue weighted by molar-refractivity contribution is 0.425. The third-order valence-corrected chi connectivity index (χ3v) is 3.46. The number of nitrogens with one attached hydrogen (secondary N) is 1. The predicted octanol–water partition coefficient (Wildman–Crippen LogP) is 2.67. The molecule has 0 aliphatic carbocycles. The lowest BCUT2D eigenvalue weighted by atomic mass is 10.1. The lowest BCUT2D eigenvalue weighted by Crippen LogP contribution is -2.21. The molecule has 0 radical (unpaired) electrons. The molecule has 0 saturated carbocycles. The normalized spacial score (nSPS) is 11.0. The van der Waals surface area contributed by atoms with Crippen LogP contribution in [0.5, 0.6) is 0 Å². The molecule has 3 heterocycles. The molecule has 0 spiro atoms. The minimum Gasteiger partial charge on any atom is -0.368 e. The van der Waals surface area contributed by atoms with E-state index in [1.54, 1.807) is 18.6 Å². The molecule has 3 aromatic rings. The summed E-state index contributed by atoms with van der Waals surface area (Å²) in [6.45, 7) is 1.80. The van der Waals surface area contributed by atoms with Gasteiger partial charge in [0.2, 0.25) is 0 Å². The van der Waals surface area contributed by atoms with Gasteiger partial charge in [-0.15, -0.1) is 0 Å². The van der Waals surface area contributed by atoms with E-state index >= 15 is 0 Å². The summed E-state index contributed by atoms with van der Waals surface area (Å²) < 4.78 is 0. The van der Waals surface area contributed by atoms with Gasteiger partial charge in [-0.3, -0.25) is 9.97 Å². The van der Waals surface area contributed by atoms with Crippen LogP contribution < -0.4 is 5.32 Å². The van der Waals surface area contributed by atoms with Crippen molar-refractivity contribution < 1.29 is 0 Å². The van der Waals surface area contributed by atoms with Crippen molar-refractivity contribution in [2.75, 3.05) is 32.5 Å². The number of likely N-dealkylation sites (N-methyl/N-ethyl adjacent to an activating group) is 1. The molecule has 5 nitrogen and oxygen atoms in total. The maximum absolute atomic E-state index is 4.78. The number of hydrogen-bond acceptors (Lipinski definition) is 5. The highest BCUT2D eigenvalue weighted by Crippen LogP contribution is 2.26. The largest absolute Gasteiger partial charge is 0.368 e. The van der Waals surface area contributed by atoms with E-state index in [1.807, 2.05) is 24.4 Å². The Hall–Kier alpha value is -2.53. The predicted molar refractivity (Wildman–Crippen MR) is 89.8 cm³/mol. The van der Waals surface area contributed by atoms with E-state index in [0.717, 1.165) is 40.9 Å². The smallest absolute Gasteiger partial charge is 0.134 e. The van der Waals surface area contributed by atoms with Crippen molar-refractivity contribution in [2.45, 2.75) is 0 Å². The minimum atomic E-state index is 0.844. The number of anilines is 1. The zero-order valence-electron chi connectivity index (χ0n) is 12.8. The zero-order chi connectivity index (χ0) is 15.4. The van der Waals surface area contributed by atoms with Gasteiger partial charge >= 0.3 is 0 Å². The summed E-state index contributed by atoms with van der Waals surface area (Å²) in [5, 5.41) is 5.60. The second-order valence-electron chi connectivity index (χ2n) is 5.42. The monoisotopic (exact) mass is 293 g/mol. The lowest BCUT2D eigenvalue weighted by Gasteiger charge is -2.14. The van der Waals surface area contributed by atoms with E-state index in [1.165, 1.54) is 0 Å². The molecule has 0 bridgehead atoms. The van der Waals surface area contributed by atoms with Crippen molar-refractivity contribution in [1.29, 1.82) is 0 Å². The molecular weight excluding hydrogens is 274 g/mol. The standard InChI is InChI=1S/C17H19N5/c1-22(2)10-9-20-17-15-5-8-19-12-14(15)11-16(21-17)13-3-6-18-7-4-13/h3-8,11-12H,9-10H2,1-2H3,(H,20,21). The molecule has 3 rings (SSSR count). The van der Waals surface area contributed by atoms with Crippen LogP contribution in [0.3, 0.4) is 0 Å². The summed E-state index contributed by atoms with van der Waals surface area (Å²) in [6, 6.07) is 7.99. The molecule has 112 valence electrons. The Morgan fingerprint density at radius 3 is 2.59 bits per heavy atom. The maximum Gasteiger partial charge on any atom is 0.134 e. The summed E-state index contributed by atoms with van der Waals surface area (Å²) in [6.07, 6.45) is 7.24. The maximum atomic E-state index is 4.78. The number of pyridine rings is 3. The average Bonchev–Trinajstić information content (AvgIpc) is 2.55. The molecule has 22 heavy (non-hydrogen) atoms. The average molecular weight is 293 g/mol. The quantitative estimate of drug-likeness (QED) is 0.784. The molecule has 5 heteroatoms. The van der Waals surface area contributed by atoms with Gasteiger partial charge < -0.3 is 10.2 Å². The Bertz CT molecular complexity index is 755. The number of rotatable bonds is 5. The first-order valence-electron chi connectivity index (χ1n) is 7.28. The first kappa shape index (κ1) is 14.4. The van der Waals surface area contributed by atoms with Crippen molar-refractivity contribution in [3.8, 4) is 11.3 Å². The van der Waals surface area contributed by atoms with Crippen LogP contribution in [0.25, 0.3) is 22.0 Å². The highest BCUT2D eigenvalue weighted by molar-refractivity contribution is 5.93. The summed E-state index contributed by atoms with van der Waals surface area (Å²) in [7, 11) is 4.12. The van der Waals surface area contributed by atoms with Crippen molar-refractivity contribution in [2.24, 2.45) is 0 Å². The summed E-state index contributed by atoms with van der Waals surface area (Å²) in [5.41, 5.74) is 1.98. The van der Waals surface area contributed by atoms with E-state index < -0.39 is 0 Å². The number of fused-ring (bicyclic) bond motifs is 1. The second kappa shape index (κ2) is 6.49. The van der Waals surface area contributed by atoms with Crippen molar-refractivity contribution in [3.05, 3.63) is 49.1 Å². The molecule has 0 aliphatic rings. The number of aromatic nitrogens is 3. The fourth-order valence-corrected chi connectivity index (χ4v) is 2.30. The summed E-state index contributed by atoms with van der Waals surface area (Å²) in [4.78, 5) is 15.2. The Kier molecular flexibility index (Phi) is 4.25. The molecule has 0 saturated heterocycles. The Balaban J connectivity index is 2.01. The van der Waals surface area contributed by atoms with Crippen molar-refractivity contribution in [1.82, 2.24) is 19.9 Å². The van der Waals surface area contributed by atoms with Crippen LogP contribution in [0.1, 0.15) is 0 Å². The topological polar surface area (TPSA) is 53.9 Å². The molecule has 0 unspecified atom stereocenters.